The molecule has 0 aliphatic carbocycles. The molecule has 0 saturated carbocycles. The average Bonchev–Trinajstić information content (AvgIpc) is 3.14. The van der Waals surface area contributed by atoms with Crippen molar-refractivity contribution in [2.45, 2.75) is 22.5 Å². The van der Waals surface area contributed by atoms with Crippen LogP contribution in [0.25, 0.3) is 0 Å². The van der Waals surface area contributed by atoms with E-state index in [9.17, 15) is 9.59 Å². The van der Waals surface area contributed by atoms with Gasteiger partial charge >= 0.3 is 0 Å². The largest absolute Gasteiger partial charge is 0.342 e. The van der Waals surface area contributed by atoms with Gasteiger partial charge in [-0.05, 0) is 30.2 Å². The maximum atomic E-state index is 12.9. The first kappa shape index (κ1) is 18.1. The average molecular weight is 382 g/mol. The van der Waals surface area contributed by atoms with E-state index in [0.717, 1.165) is 10.6 Å². The lowest BCUT2D eigenvalue weighted by Crippen LogP contribution is -2.37. The number of benzene rings is 2. The summed E-state index contributed by atoms with van der Waals surface area (Å²) in [6, 6.07) is 17.9. The molecule has 2 amide bonds. The summed E-state index contributed by atoms with van der Waals surface area (Å²) in [5.74, 6) is 0.443. The normalized spacial score (nSPS) is 24.4. The number of carbonyl (C=O) groups excluding carboxylic acids is 2. The van der Waals surface area contributed by atoms with Gasteiger partial charge in [0.15, 0.2) is 0 Å². The Kier molecular flexibility index (Phi) is 5.18. The Morgan fingerprint density at radius 1 is 1.11 bits per heavy atom. The number of fused-ring (bicyclic) bond motifs is 1. The Morgan fingerprint density at radius 2 is 1.85 bits per heavy atom. The van der Waals surface area contributed by atoms with Gasteiger partial charge in [0, 0.05) is 30.3 Å². The highest BCUT2D eigenvalue weighted by atomic mass is 32.2. The fourth-order valence-electron chi connectivity index (χ4n) is 3.91. The van der Waals surface area contributed by atoms with Crippen molar-refractivity contribution in [2.75, 3.05) is 25.0 Å². The second-order valence-corrected chi connectivity index (χ2v) is 8.35. The highest BCUT2D eigenvalue weighted by molar-refractivity contribution is 8.01. The lowest BCUT2D eigenvalue weighted by Gasteiger charge is -2.25. The number of amides is 2. The Balaban J connectivity index is 1.44. The molecule has 27 heavy (non-hydrogen) atoms. The van der Waals surface area contributed by atoms with Crippen LogP contribution in [-0.2, 0) is 9.59 Å². The van der Waals surface area contributed by atoms with E-state index in [1.807, 2.05) is 47.4 Å². The SMILES string of the molecule is NC[C@@H]1CN(C(=O)CC2Sc3ccccc3NC2=O)C[C@H]1c1ccccc1. The summed E-state index contributed by atoms with van der Waals surface area (Å²) >= 11 is 1.47. The van der Waals surface area contributed by atoms with E-state index in [2.05, 4.69) is 17.4 Å². The van der Waals surface area contributed by atoms with Crippen molar-refractivity contribution in [3.63, 3.8) is 0 Å². The van der Waals surface area contributed by atoms with Crippen molar-refractivity contribution < 1.29 is 9.59 Å². The summed E-state index contributed by atoms with van der Waals surface area (Å²) in [5, 5.41) is 2.52. The second-order valence-electron chi connectivity index (χ2n) is 7.11. The number of para-hydroxylation sites is 1. The highest BCUT2D eigenvalue weighted by Crippen LogP contribution is 2.38. The first-order valence-corrected chi connectivity index (χ1v) is 10.1. The molecule has 4 rings (SSSR count). The van der Waals surface area contributed by atoms with Crippen molar-refractivity contribution in [3.8, 4) is 0 Å². The zero-order valence-electron chi connectivity index (χ0n) is 15.0. The summed E-state index contributed by atoms with van der Waals surface area (Å²) in [4.78, 5) is 28.2. The summed E-state index contributed by atoms with van der Waals surface area (Å²) in [6.07, 6.45) is 0.212. The quantitative estimate of drug-likeness (QED) is 0.854. The highest BCUT2D eigenvalue weighted by Gasteiger charge is 2.37. The lowest BCUT2D eigenvalue weighted by atomic mass is 9.89. The first-order valence-electron chi connectivity index (χ1n) is 9.25. The van der Waals surface area contributed by atoms with Crippen LogP contribution in [0.3, 0.4) is 0 Å². The molecule has 6 heteroatoms. The summed E-state index contributed by atoms with van der Waals surface area (Å²) in [7, 11) is 0. The van der Waals surface area contributed by atoms with Crippen LogP contribution in [-0.4, -0.2) is 41.6 Å². The molecular formula is C21H23N3O2S. The third-order valence-corrected chi connectivity index (χ3v) is 6.67. The van der Waals surface area contributed by atoms with Crippen molar-refractivity contribution in [1.29, 1.82) is 0 Å². The van der Waals surface area contributed by atoms with Gasteiger partial charge in [0.2, 0.25) is 11.8 Å². The molecule has 2 aliphatic heterocycles. The van der Waals surface area contributed by atoms with Gasteiger partial charge in [-0.3, -0.25) is 9.59 Å². The number of anilines is 1. The number of nitrogens with zero attached hydrogens (tertiary/aromatic N) is 1. The third-order valence-electron chi connectivity index (χ3n) is 5.39. The van der Waals surface area contributed by atoms with Crippen LogP contribution in [0.1, 0.15) is 17.9 Å². The van der Waals surface area contributed by atoms with E-state index in [1.165, 1.54) is 17.3 Å². The first-order chi connectivity index (χ1) is 13.2. The zero-order valence-corrected chi connectivity index (χ0v) is 15.8. The topological polar surface area (TPSA) is 75.4 Å². The molecule has 0 spiro atoms. The minimum Gasteiger partial charge on any atom is -0.342 e. The smallest absolute Gasteiger partial charge is 0.238 e. The molecule has 0 aromatic heterocycles. The number of nitrogens with one attached hydrogen (secondary N) is 1. The van der Waals surface area contributed by atoms with E-state index in [1.54, 1.807) is 0 Å². The Labute approximate surface area is 163 Å². The van der Waals surface area contributed by atoms with Gasteiger partial charge < -0.3 is 16.0 Å². The second kappa shape index (κ2) is 7.74. The van der Waals surface area contributed by atoms with Crippen LogP contribution in [0, 0.1) is 5.92 Å². The van der Waals surface area contributed by atoms with Gasteiger partial charge in [-0.25, -0.2) is 0 Å². The molecule has 2 heterocycles. The number of carbonyl (C=O) groups is 2. The molecule has 1 saturated heterocycles. The number of hydrogen-bond acceptors (Lipinski definition) is 4. The molecule has 140 valence electrons. The number of likely N-dealkylation sites (tertiary alicyclic amines) is 1. The van der Waals surface area contributed by atoms with Crippen LogP contribution in [0.2, 0.25) is 0 Å². The molecule has 5 nitrogen and oxygen atoms in total. The maximum Gasteiger partial charge on any atom is 0.238 e. The molecule has 0 radical (unpaired) electrons. The van der Waals surface area contributed by atoms with Gasteiger partial charge in [0.1, 0.15) is 0 Å². The van der Waals surface area contributed by atoms with E-state index < -0.39 is 0 Å². The van der Waals surface area contributed by atoms with E-state index >= 15 is 0 Å². The fraction of sp³-hybridized carbons (Fsp3) is 0.333. The van der Waals surface area contributed by atoms with E-state index in [4.69, 9.17) is 5.73 Å². The van der Waals surface area contributed by atoms with E-state index in [-0.39, 0.29) is 35.3 Å². The minimum atomic E-state index is -0.389. The van der Waals surface area contributed by atoms with Crippen LogP contribution in [0.4, 0.5) is 5.69 Å². The number of nitrogens with two attached hydrogens (primary N) is 1. The van der Waals surface area contributed by atoms with Crippen molar-refractivity contribution in [2.24, 2.45) is 11.7 Å². The summed E-state index contributed by atoms with van der Waals surface area (Å²) in [5.41, 5.74) is 8.02. The standard InChI is InChI=1S/C21H23N3O2S/c22-11-15-12-24(13-16(15)14-6-2-1-3-7-14)20(25)10-19-21(26)23-17-8-4-5-9-18(17)27-19/h1-9,15-16,19H,10-13,22H2,(H,23,26)/t15-,16+,19?/m1/s1. The van der Waals surface area contributed by atoms with E-state index in [0.29, 0.717) is 19.6 Å². The van der Waals surface area contributed by atoms with Crippen molar-refractivity contribution in [1.82, 2.24) is 4.90 Å². The predicted octanol–water partition coefficient (Wildman–Crippen LogP) is 2.69. The Hall–Kier alpha value is -2.31. The van der Waals surface area contributed by atoms with Crippen LogP contribution < -0.4 is 11.1 Å². The Bertz CT molecular complexity index is 842. The molecular weight excluding hydrogens is 358 g/mol. The number of rotatable bonds is 4. The molecule has 2 aromatic carbocycles. The van der Waals surface area contributed by atoms with Crippen molar-refractivity contribution >= 4 is 29.3 Å². The van der Waals surface area contributed by atoms with Crippen molar-refractivity contribution in [3.05, 3.63) is 60.2 Å². The monoisotopic (exact) mass is 381 g/mol. The number of thioether (sulfide) groups is 1. The summed E-state index contributed by atoms with van der Waals surface area (Å²) < 4.78 is 0. The Morgan fingerprint density at radius 3 is 2.63 bits per heavy atom. The van der Waals surface area contributed by atoms with Crippen LogP contribution in [0.5, 0.6) is 0 Å². The van der Waals surface area contributed by atoms with Gasteiger partial charge in [0.25, 0.3) is 0 Å². The zero-order chi connectivity index (χ0) is 18.8. The molecule has 3 N–H and O–H groups in total. The van der Waals surface area contributed by atoms with Gasteiger partial charge in [-0.2, -0.15) is 0 Å². The minimum absolute atomic E-state index is 0.0268. The summed E-state index contributed by atoms with van der Waals surface area (Å²) in [6.45, 7) is 1.88. The van der Waals surface area contributed by atoms with Gasteiger partial charge in [-0.15, -0.1) is 11.8 Å². The lowest BCUT2D eigenvalue weighted by molar-refractivity contribution is -0.131. The van der Waals surface area contributed by atoms with Gasteiger partial charge in [-0.1, -0.05) is 42.5 Å². The van der Waals surface area contributed by atoms with Gasteiger partial charge in [0.05, 0.1) is 10.9 Å². The molecule has 0 bridgehead atoms. The predicted molar refractivity (Wildman–Crippen MR) is 108 cm³/mol. The maximum absolute atomic E-state index is 12.9. The fourth-order valence-corrected chi connectivity index (χ4v) is 5.01. The molecule has 3 atom stereocenters. The molecule has 1 fully saturated rings. The molecule has 1 unspecified atom stereocenters. The molecule has 2 aliphatic rings. The van der Waals surface area contributed by atoms with Crippen LogP contribution >= 0.6 is 11.8 Å². The number of hydrogen-bond donors (Lipinski definition) is 2. The van der Waals surface area contributed by atoms with Crippen LogP contribution in [0.15, 0.2) is 59.5 Å². The molecule has 2 aromatic rings. The third kappa shape index (κ3) is 3.73.